The van der Waals surface area contributed by atoms with Crippen LogP contribution in [-0.2, 0) is 6.54 Å². The first-order chi connectivity index (χ1) is 10.2. The van der Waals surface area contributed by atoms with Gasteiger partial charge in [-0.15, -0.1) is 0 Å². The lowest BCUT2D eigenvalue weighted by molar-refractivity contribution is 0.102. The highest BCUT2D eigenvalue weighted by Crippen LogP contribution is 2.28. The second-order valence-electron chi connectivity index (χ2n) is 4.37. The zero-order valence-electron chi connectivity index (χ0n) is 10.9. The molecule has 3 N–H and O–H groups in total. The Morgan fingerprint density at radius 2 is 2.33 bits per heavy atom. The normalized spacial score (nSPS) is 11.0. The van der Waals surface area contributed by atoms with Crippen LogP contribution in [0.2, 0.25) is 5.02 Å². The number of imidazole rings is 1. The zero-order valence-corrected chi connectivity index (χ0v) is 12.5. The second kappa shape index (κ2) is 5.80. The van der Waals surface area contributed by atoms with E-state index in [2.05, 4.69) is 15.3 Å². The van der Waals surface area contributed by atoms with E-state index in [-0.39, 0.29) is 5.91 Å². The van der Waals surface area contributed by atoms with Gasteiger partial charge in [-0.3, -0.25) is 10.1 Å². The Kier molecular flexibility index (Phi) is 3.87. The third-order valence-electron chi connectivity index (χ3n) is 2.82. The molecule has 108 valence electrons. The molecule has 0 unspecified atom stereocenters. The van der Waals surface area contributed by atoms with E-state index in [0.717, 1.165) is 10.2 Å². The second-order valence-corrected chi connectivity index (χ2v) is 5.84. The Morgan fingerprint density at radius 3 is 3.14 bits per heavy atom. The molecule has 1 aromatic carbocycles. The summed E-state index contributed by atoms with van der Waals surface area (Å²) in [5.41, 5.74) is 6.59. The minimum Gasteiger partial charge on any atom is -0.335 e. The highest BCUT2D eigenvalue weighted by molar-refractivity contribution is 7.22. The van der Waals surface area contributed by atoms with Crippen LogP contribution in [0.1, 0.15) is 10.5 Å². The van der Waals surface area contributed by atoms with Crippen molar-refractivity contribution in [2.75, 3.05) is 11.9 Å². The van der Waals surface area contributed by atoms with E-state index in [4.69, 9.17) is 17.3 Å². The quantitative estimate of drug-likeness (QED) is 0.772. The van der Waals surface area contributed by atoms with Crippen molar-refractivity contribution in [3.05, 3.63) is 41.4 Å². The van der Waals surface area contributed by atoms with Crippen molar-refractivity contribution >= 4 is 44.2 Å². The fraction of sp³-hybridized carbons (Fsp3) is 0.154. The Hall–Kier alpha value is -1.96. The van der Waals surface area contributed by atoms with E-state index in [9.17, 15) is 4.79 Å². The molecule has 21 heavy (non-hydrogen) atoms. The number of carbonyl (C=O) groups is 1. The van der Waals surface area contributed by atoms with Crippen LogP contribution >= 0.6 is 22.9 Å². The number of anilines is 1. The lowest BCUT2D eigenvalue weighted by Gasteiger charge is -1.97. The largest absolute Gasteiger partial charge is 0.335 e. The van der Waals surface area contributed by atoms with Crippen LogP contribution in [0.25, 0.3) is 10.2 Å². The fourth-order valence-electron chi connectivity index (χ4n) is 1.86. The van der Waals surface area contributed by atoms with Crippen molar-refractivity contribution < 1.29 is 4.79 Å². The predicted molar refractivity (Wildman–Crippen MR) is 83.9 cm³/mol. The number of aromatic nitrogens is 3. The maximum absolute atomic E-state index is 12.1. The van der Waals surface area contributed by atoms with Gasteiger partial charge in [-0.2, -0.15) is 0 Å². The number of carbonyl (C=O) groups excluding carboxylic acids is 1. The Bertz CT molecular complexity index is 797. The van der Waals surface area contributed by atoms with Crippen molar-refractivity contribution in [3.63, 3.8) is 0 Å². The number of halogens is 1. The fourth-order valence-corrected chi connectivity index (χ4v) is 3.00. The monoisotopic (exact) mass is 321 g/mol. The first-order valence-electron chi connectivity index (χ1n) is 6.25. The Morgan fingerprint density at radius 1 is 1.48 bits per heavy atom. The molecule has 0 spiro atoms. The number of thiazole rings is 1. The van der Waals surface area contributed by atoms with E-state index in [1.165, 1.54) is 11.3 Å². The van der Waals surface area contributed by atoms with Gasteiger partial charge < -0.3 is 10.3 Å². The zero-order chi connectivity index (χ0) is 14.8. The van der Waals surface area contributed by atoms with Gasteiger partial charge in [0.1, 0.15) is 5.69 Å². The SMILES string of the molecule is NCCn1cnc(C(=O)Nc2nc3ccc(Cl)cc3s2)c1. The molecule has 0 saturated heterocycles. The summed E-state index contributed by atoms with van der Waals surface area (Å²) >= 11 is 7.30. The molecule has 0 bridgehead atoms. The summed E-state index contributed by atoms with van der Waals surface area (Å²) in [5, 5.41) is 3.90. The molecule has 0 radical (unpaired) electrons. The third kappa shape index (κ3) is 3.05. The van der Waals surface area contributed by atoms with Crippen molar-refractivity contribution in [3.8, 4) is 0 Å². The number of hydrogen-bond donors (Lipinski definition) is 2. The number of rotatable bonds is 4. The smallest absolute Gasteiger partial charge is 0.277 e. The lowest BCUT2D eigenvalue weighted by atomic mass is 10.3. The van der Waals surface area contributed by atoms with Gasteiger partial charge in [-0.25, -0.2) is 9.97 Å². The topological polar surface area (TPSA) is 85.8 Å². The van der Waals surface area contributed by atoms with E-state index in [0.29, 0.717) is 28.9 Å². The van der Waals surface area contributed by atoms with Gasteiger partial charge in [0.2, 0.25) is 0 Å². The van der Waals surface area contributed by atoms with Gasteiger partial charge in [-0.1, -0.05) is 22.9 Å². The van der Waals surface area contributed by atoms with Gasteiger partial charge in [0.25, 0.3) is 5.91 Å². The number of benzene rings is 1. The lowest BCUT2D eigenvalue weighted by Crippen LogP contribution is -2.12. The molecule has 1 amide bonds. The molecule has 0 saturated carbocycles. The van der Waals surface area contributed by atoms with Crippen LogP contribution in [0.3, 0.4) is 0 Å². The molecule has 0 aliphatic carbocycles. The van der Waals surface area contributed by atoms with Crippen LogP contribution in [0.5, 0.6) is 0 Å². The minimum atomic E-state index is -0.295. The predicted octanol–water partition coefficient (Wildman–Crippen LogP) is 2.36. The minimum absolute atomic E-state index is 0.295. The standard InChI is InChI=1S/C13H12ClN5OS/c14-8-1-2-9-11(5-8)21-13(17-9)18-12(20)10-6-19(4-3-15)7-16-10/h1-2,5-7H,3-4,15H2,(H,17,18,20). The number of nitrogens with one attached hydrogen (secondary N) is 1. The van der Waals surface area contributed by atoms with Crippen molar-refractivity contribution in [1.29, 1.82) is 0 Å². The molecule has 2 aromatic heterocycles. The average molecular weight is 322 g/mol. The molecule has 0 atom stereocenters. The van der Waals surface area contributed by atoms with E-state index >= 15 is 0 Å². The van der Waals surface area contributed by atoms with Gasteiger partial charge >= 0.3 is 0 Å². The highest BCUT2D eigenvalue weighted by Gasteiger charge is 2.12. The van der Waals surface area contributed by atoms with Crippen LogP contribution in [0.15, 0.2) is 30.7 Å². The first-order valence-corrected chi connectivity index (χ1v) is 7.44. The van der Waals surface area contributed by atoms with Crippen molar-refractivity contribution in [2.24, 2.45) is 5.73 Å². The molecule has 0 fully saturated rings. The summed E-state index contributed by atoms with van der Waals surface area (Å²) in [6, 6.07) is 5.41. The van der Waals surface area contributed by atoms with Crippen LogP contribution in [-0.4, -0.2) is 27.0 Å². The number of amides is 1. The highest BCUT2D eigenvalue weighted by atomic mass is 35.5. The molecule has 6 nitrogen and oxygen atoms in total. The van der Waals surface area contributed by atoms with E-state index in [1.807, 2.05) is 12.1 Å². The van der Waals surface area contributed by atoms with Gasteiger partial charge in [0.15, 0.2) is 5.13 Å². The Labute approximate surface area is 129 Å². The van der Waals surface area contributed by atoms with E-state index in [1.54, 1.807) is 23.2 Å². The number of hydrogen-bond acceptors (Lipinski definition) is 5. The number of nitrogens with two attached hydrogens (primary N) is 1. The van der Waals surface area contributed by atoms with Gasteiger partial charge in [-0.05, 0) is 18.2 Å². The molecule has 3 rings (SSSR count). The summed E-state index contributed by atoms with van der Waals surface area (Å²) in [5.74, 6) is -0.295. The molecule has 0 aliphatic rings. The maximum atomic E-state index is 12.1. The summed E-state index contributed by atoms with van der Waals surface area (Å²) in [6.07, 6.45) is 3.24. The summed E-state index contributed by atoms with van der Waals surface area (Å²) in [6.45, 7) is 1.12. The van der Waals surface area contributed by atoms with Crippen molar-refractivity contribution in [1.82, 2.24) is 14.5 Å². The number of nitrogens with zero attached hydrogens (tertiary/aromatic N) is 3. The molecule has 8 heteroatoms. The van der Waals surface area contributed by atoms with Crippen LogP contribution < -0.4 is 11.1 Å². The average Bonchev–Trinajstić information content (AvgIpc) is 3.05. The summed E-state index contributed by atoms with van der Waals surface area (Å²) < 4.78 is 2.69. The van der Waals surface area contributed by atoms with Gasteiger partial charge in [0, 0.05) is 24.3 Å². The van der Waals surface area contributed by atoms with Crippen LogP contribution in [0, 0.1) is 0 Å². The third-order valence-corrected chi connectivity index (χ3v) is 3.99. The molecule has 3 aromatic rings. The van der Waals surface area contributed by atoms with Gasteiger partial charge in [0.05, 0.1) is 16.5 Å². The first kappa shape index (κ1) is 14.0. The van der Waals surface area contributed by atoms with E-state index < -0.39 is 0 Å². The number of fused-ring (bicyclic) bond motifs is 1. The molecular formula is C13H12ClN5OS. The molecular weight excluding hydrogens is 310 g/mol. The summed E-state index contributed by atoms with van der Waals surface area (Å²) in [7, 11) is 0. The Balaban J connectivity index is 1.78. The van der Waals surface area contributed by atoms with Crippen LogP contribution in [0.4, 0.5) is 5.13 Å². The molecule has 2 heterocycles. The molecule has 0 aliphatic heterocycles. The maximum Gasteiger partial charge on any atom is 0.277 e. The van der Waals surface area contributed by atoms with Crippen molar-refractivity contribution in [2.45, 2.75) is 6.54 Å². The summed E-state index contributed by atoms with van der Waals surface area (Å²) in [4.78, 5) is 20.5.